The second kappa shape index (κ2) is 7.07. The number of ether oxygens (including phenoxy) is 1. The molecule has 3 aromatic rings. The number of esters is 1. The molecular weight excluding hydrogens is 384 g/mol. The van der Waals surface area contributed by atoms with E-state index in [9.17, 15) is 14.7 Å². The third-order valence-corrected chi connectivity index (χ3v) is 4.39. The van der Waals surface area contributed by atoms with Crippen LogP contribution in [-0.2, 0) is 4.74 Å². The summed E-state index contributed by atoms with van der Waals surface area (Å²) >= 11 is 3.31. The summed E-state index contributed by atoms with van der Waals surface area (Å²) in [4.78, 5) is 24.7. The molecule has 0 amide bonds. The van der Waals surface area contributed by atoms with Gasteiger partial charge in [0.15, 0.2) is 6.10 Å². The van der Waals surface area contributed by atoms with Gasteiger partial charge in [0.1, 0.15) is 11.3 Å². The Labute approximate surface area is 153 Å². The number of ketones is 1. The van der Waals surface area contributed by atoms with Crippen LogP contribution in [0.1, 0.15) is 27.6 Å². The lowest BCUT2D eigenvalue weighted by Gasteiger charge is -2.13. The molecule has 0 bridgehead atoms. The summed E-state index contributed by atoms with van der Waals surface area (Å²) in [5, 5.41) is 11.7. The molecule has 5 heteroatoms. The minimum atomic E-state index is -0.959. The van der Waals surface area contributed by atoms with Crippen LogP contribution in [0, 0.1) is 0 Å². The molecule has 0 unspecified atom stereocenters. The normalized spacial score (nSPS) is 11.9. The molecule has 0 aliphatic rings. The third-order valence-electron chi connectivity index (χ3n) is 3.87. The van der Waals surface area contributed by atoms with E-state index in [2.05, 4.69) is 15.9 Å². The maximum atomic E-state index is 12.4. The Morgan fingerprint density at radius 2 is 1.60 bits per heavy atom. The summed E-state index contributed by atoms with van der Waals surface area (Å²) in [7, 11) is 0. The lowest BCUT2D eigenvalue weighted by molar-refractivity contribution is 0.0316. The van der Waals surface area contributed by atoms with E-state index in [1.54, 1.807) is 30.3 Å². The maximum absolute atomic E-state index is 12.4. The minimum absolute atomic E-state index is 0.0363. The van der Waals surface area contributed by atoms with Gasteiger partial charge in [-0.05, 0) is 42.0 Å². The highest BCUT2D eigenvalue weighted by molar-refractivity contribution is 9.10. The van der Waals surface area contributed by atoms with Crippen LogP contribution in [0.3, 0.4) is 0 Å². The summed E-state index contributed by atoms with van der Waals surface area (Å²) in [6, 6.07) is 17.2. The molecule has 0 heterocycles. The van der Waals surface area contributed by atoms with E-state index >= 15 is 0 Å². The number of rotatable bonds is 4. The molecule has 3 aromatic carbocycles. The summed E-state index contributed by atoms with van der Waals surface area (Å²) < 4.78 is 6.11. The summed E-state index contributed by atoms with van der Waals surface area (Å²) in [6.07, 6.45) is -0.959. The molecule has 0 radical (unpaired) electrons. The number of carbonyl (C=O) groups excluding carboxylic acids is 2. The van der Waals surface area contributed by atoms with Crippen LogP contribution in [0.5, 0.6) is 5.75 Å². The van der Waals surface area contributed by atoms with Crippen molar-refractivity contribution < 1.29 is 19.4 Å². The largest absolute Gasteiger partial charge is 0.507 e. The number of Topliss-reactive ketones (excluding diaryl/α,β-unsaturated/α-hetero) is 1. The van der Waals surface area contributed by atoms with Crippen molar-refractivity contribution >= 4 is 38.5 Å². The maximum Gasteiger partial charge on any atom is 0.342 e. The smallest absolute Gasteiger partial charge is 0.342 e. The second-order valence-electron chi connectivity index (χ2n) is 5.64. The van der Waals surface area contributed by atoms with Gasteiger partial charge in [0.25, 0.3) is 0 Å². The quantitative estimate of drug-likeness (QED) is 0.509. The standard InChI is InChI=1S/C20H15BrO4/c1-12(19(23)13-6-8-16(21)9-7-13)25-20(24)17-10-14-4-2-3-5-15(14)11-18(17)22/h2-12,22H,1H3/t12-/m0/s1. The number of carbonyl (C=O) groups is 2. The number of hydrogen-bond donors (Lipinski definition) is 1. The van der Waals surface area contributed by atoms with E-state index in [0.29, 0.717) is 5.56 Å². The Morgan fingerprint density at radius 3 is 2.24 bits per heavy atom. The van der Waals surface area contributed by atoms with Gasteiger partial charge >= 0.3 is 5.97 Å². The first kappa shape index (κ1) is 17.2. The molecule has 0 spiro atoms. The second-order valence-corrected chi connectivity index (χ2v) is 6.55. The van der Waals surface area contributed by atoms with Crippen molar-refractivity contribution in [2.24, 2.45) is 0 Å². The van der Waals surface area contributed by atoms with Crippen molar-refractivity contribution in [1.82, 2.24) is 0 Å². The predicted molar refractivity (Wildman–Crippen MR) is 99.0 cm³/mol. The van der Waals surface area contributed by atoms with E-state index in [0.717, 1.165) is 15.2 Å². The van der Waals surface area contributed by atoms with Crippen molar-refractivity contribution in [2.45, 2.75) is 13.0 Å². The Hall–Kier alpha value is -2.66. The first-order valence-electron chi connectivity index (χ1n) is 7.68. The average Bonchev–Trinajstić information content (AvgIpc) is 2.61. The van der Waals surface area contributed by atoms with E-state index in [1.165, 1.54) is 13.0 Å². The van der Waals surface area contributed by atoms with E-state index in [-0.39, 0.29) is 17.1 Å². The van der Waals surface area contributed by atoms with Crippen LogP contribution in [0.2, 0.25) is 0 Å². The number of benzene rings is 3. The van der Waals surface area contributed by atoms with Gasteiger partial charge in [-0.25, -0.2) is 4.79 Å². The fourth-order valence-corrected chi connectivity index (χ4v) is 2.78. The van der Waals surface area contributed by atoms with Gasteiger partial charge < -0.3 is 9.84 Å². The summed E-state index contributed by atoms with van der Waals surface area (Å²) in [6.45, 7) is 1.51. The molecule has 4 nitrogen and oxygen atoms in total. The molecule has 1 N–H and O–H groups in total. The van der Waals surface area contributed by atoms with Crippen LogP contribution in [-0.4, -0.2) is 23.0 Å². The lowest BCUT2D eigenvalue weighted by atomic mass is 10.1. The number of halogens is 1. The number of aromatic hydroxyl groups is 1. The molecule has 0 aliphatic carbocycles. The fourth-order valence-electron chi connectivity index (χ4n) is 2.52. The summed E-state index contributed by atoms with van der Waals surface area (Å²) in [5.41, 5.74) is 0.486. The zero-order chi connectivity index (χ0) is 18.0. The SMILES string of the molecule is C[C@H](OC(=O)c1cc2ccccc2cc1O)C(=O)c1ccc(Br)cc1. The number of fused-ring (bicyclic) bond motifs is 1. The molecule has 3 rings (SSSR count). The van der Waals surface area contributed by atoms with Crippen molar-refractivity contribution in [3.05, 3.63) is 76.3 Å². The highest BCUT2D eigenvalue weighted by atomic mass is 79.9. The molecule has 0 aliphatic heterocycles. The fraction of sp³-hybridized carbons (Fsp3) is 0.100. The van der Waals surface area contributed by atoms with Gasteiger partial charge in [-0.15, -0.1) is 0 Å². The van der Waals surface area contributed by atoms with Crippen molar-refractivity contribution in [3.63, 3.8) is 0 Å². The molecular formula is C20H15BrO4. The highest BCUT2D eigenvalue weighted by Crippen LogP contribution is 2.26. The monoisotopic (exact) mass is 398 g/mol. The van der Waals surface area contributed by atoms with E-state index < -0.39 is 12.1 Å². The van der Waals surface area contributed by atoms with Crippen molar-refractivity contribution in [2.75, 3.05) is 0 Å². The zero-order valence-electron chi connectivity index (χ0n) is 13.4. The van der Waals surface area contributed by atoms with Gasteiger partial charge in [-0.2, -0.15) is 0 Å². The van der Waals surface area contributed by atoms with Crippen molar-refractivity contribution in [1.29, 1.82) is 0 Å². The minimum Gasteiger partial charge on any atom is -0.507 e. The van der Waals surface area contributed by atoms with Gasteiger partial charge in [-0.1, -0.05) is 52.3 Å². The molecule has 1 atom stereocenters. The number of hydrogen-bond acceptors (Lipinski definition) is 4. The van der Waals surface area contributed by atoms with Crippen LogP contribution < -0.4 is 0 Å². The van der Waals surface area contributed by atoms with E-state index in [1.807, 2.05) is 24.3 Å². The van der Waals surface area contributed by atoms with Crippen molar-refractivity contribution in [3.8, 4) is 5.75 Å². The Balaban J connectivity index is 1.80. The number of phenolic OH excluding ortho intramolecular Hbond substituents is 1. The van der Waals surface area contributed by atoms with Crippen LogP contribution in [0.4, 0.5) is 0 Å². The first-order valence-corrected chi connectivity index (χ1v) is 8.47. The molecule has 25 heavy (non-hydrogen) atoms. The van der Waals surface area contributed by atoms with Crippen LogP contribution in [0.25, 0.3) is 10.8 Å². The first-order chi connectivity index (χ1) is 12.0. The zero-order valence-corrected chi connectivity index (χ0v) is 15.0. The molecule has 0 saturated carbocycles. The summed E-state index contributed by atoms with van der Waals surface area (Å²) in [5.74, 6) is -1.21. The Morgan fingerprint density at radius 1 is 1.00 bits per heavy atom. The lowest BCUT2D eigenvalue weighted by Crippen LogP contribution is -2.24. The van der Waals surface area contributed by atoms with Gasteiger partial charge in [0.05, 0.1) is 0 Å². The topological polar surface area (TPSA) is 63.6 Å². The Kier molecular flexibility index (Phi) is 4.86. The van der Waals surface area contributed by atoms with Gasteiger partial charge in [0.2, 0.25) is 5.78 Å². The molecule has 0 fully saturated rings. The van der Waals surface area contributed by atoms with Crippen LogP contribution in [0.15, 0.2) is 65.1 Å². The predicted octanol–water partition coefficient (Wildman–Crippen LogP) is 4.74. The highest BCUT2D eigenvalue weighted by Gasteiger charge is 2.22. The Bertz CT molecular complexity index is 948. The van der Waals surface area contributed by atoms with Gasteiger partial charge in [-0.3, -0.25) is 4.79 Å². The third kappa shape index (κ3) is 3.72. The average molecular weight is 399 g/mol. The number of phenols is 1. The molecule has 126 valence electrons. The molecule has 0 aromatic heterocycles. The van der Waals surface area contributed by atoms with Crippen LogP contribution >= 0.6 is 15.9 Å². The van der Waals surface area contributed by atoms with Gasteiger partial charge in [0, 0.05) is 10.0 Å². The molecule has 0 saturated heterocycles. The van der Waals surface area contributed by atoms with E-state index in [4.69, 9.17) is 4.74 Å².